The molecule has 0 aliphatic heterocycles. The van der Waals surface area contributed by atoms with E-state index in [1.165, 1.54) is 50.5 Å². The molecule has 4 fully saturated rings. The molecule has 1 heterocycles. The lowest BCUT2D eigenvalue weighted by Crippen LogP contribution is -2.47. The third kappa shape index (κ3) is 4.12. The number of rotatable bonds is 7. The van der Waals surface area contributed by atoms with E-state index in [1.807, 2.05) is 12.1 Å². The Morgan fingerprint density at radius 3 is 2.41 bits per heavy atom. The quantitative estimate of drug-likeness (QED) is 0.695. The zero-order chi connectivity index (χ0) is 19.8. The van der Waals surface area contributed by atoms with Crippen LogP contribution in [0, 0.1) is 30.1 Å². The van der Waals surface area contributed by atoms with Crippen molar-refractivity contribution >= 4 is 5.91 Å². The van der Waals surface area contributed by atoms with E-state index in [1.54, 1.807) is 6.20 Å². The number of aryl methyl sites for hydroxylation is 2. The summed E-state index contributed by atoms with van der Waals surface area (Å²) in [5.74, 6) is 4.45. The number of carbonyl (C=O) groups is 1. The Morgan fingerprint density at radius 2 is 1.76 bits per heavy atom. The van der Waals surface area contributed by atoms with Crippen LogP contribution in [0.5, 0.6) is 0 Å². The molecule has 4 bridgehead atoms. The van der Waals surface area contributed by atoms with E-state index >= 15 is 0 Å². The zero-order valence-corrected chi connectivity index (χ0v) is 17.5. The number of benzene rings is 1. The van der Waals surface area contributed by atoms with Crippen molar-refractivity contribution in [3.63, 3.8) is 0 Å². The number of nitrogens with zero attached hydrogens (tertiary/aromatic N) is 1. The van der Waals surface area contributed by atoms with Gasteiger partial charge in [-0.2, -0.15) is 0 Å². The van der Waals surface area contributed by atoms with Crippen LogP contribution >= 0.6 is 0 Å². The lowest BCUT2D eigenvalue weighted by Gasteiger charge is -2.57. The normalized spacial score (nSPS) is 29.9. The van der Waals surface area contributed by atoms with Gasteiger partial charge in [0, 0.05) is 24.9 Å². The summed E-state index contributed by atoms with van der Waals surface area (Å²) in [5.41, 5.74) is 2.78. The first-order chi connectivity index (χ1) is 14.1. The first-order valence-corrected chi connectivity index (χ1v) is 11.4. The molecule has 1 aromatic carbocycles. The first kappa shape index (κ1) is 18.9. The molecular weight excluding hydrogens is 360 g/mol. The SMILES string of the molecule is Cc1ccc(-c2cnc(CCC(=O)NCCC34CC5CC(CC(C5)C3)C4)o2)cc1. The Hall–Kier alpha value is -2.10. The van der Waals surface area contributed by atoms with E-state index in [2.05, 4.69) is 29.4 Å². The van der Waals surface area contributed by atoms with Crippen LogP contribution < -0.4 is 5.32 Å². The predicted molar refractivity (Wildman–Crippen MR) is 113 cm³/mol. The van der Waals surface area contributed by atoms with Gasteiger partial charge in [0.25, 0.3) is 0 Å². The number of oxazole rings is 1. The van der Waals surface area contributed by atoms with Gasteiger partial charge in [0.15, 0.2) is 11.7 Å². The molecule has 4 aliphatic carbocycles. The fourth-order valence-electron chi connectivity index (χ4n) is 6.65. The highest BCUT2D eigenvalue weighted by Crippen LogP contribution is 2.61. The number of hydrogen-bond acceptors (Lipinski definition) is 3. The molecule has 4 nitrogen and oxygen atoms in total. The van der Waals surface area contributed by atoms with Gasteiger partial charge in [0.2, 0.25) is 5.91 Å². The van der Waals surface area contributed by atoms with Crippen LogP contribution in [0.3, 0.4) is 0 Å². The fourth-order valence-corrected chi connectivity index (χ4v) is 6.65. The van der Waals surface area contributed by atoms with E-state index in [4.69, 9.17) is 4.42 Å². The fraction of sp³-hybridized carbons (Fsp3) is 0.600. The van der Waals surface area contributed by atoms with Crippen molar-refractivity contribution in [2.45, 2.75) is 64.7 Å². The van der Waals surface area contributed by atoms with Crippen molar-refractivity contribution in [3.8, 4) is 11.3 Å². The number of carbonyl (C=O) groups excluding carboxylic acids is 1. The lowest BCUT2D eigenvalue weighted by molar-refractivity contribution is -0.121. The van der Waals surface area contributed by atoms with Crippen molar-refractivity contribution in [1.29, 1.82) is 0 Å². The largest absolute Gasteiger partial charge is 0.441 e. The Morgan fingerprint density at radius 1 is 1.10 bits per heavy atom. The average molecular weight is 393 g/mol. The van der Waals surface area contributed by atoms with Crippen molar-refractivity contribution in [1.82, 2.24) is 10.3 Å². The van der Waals surface area contributed by atoms with Gasteiger partial charge in [0.05, 0.1) is 6.20 Å². The molecule has 4 saturated carbocycles. The molecule has 0 unspecified atom stereocenters. The standard InChI is InChI=1S/C25H32N2O2/c1-17-2-4-21(5-3-17)22-16-27-24(29-22)7-6-23(28)26-9-8-25-13-18-10-19(14-25)12-20(11-18)15-25/h2-5,16,18-20H,6-15H2,1H3,(H,26,28). The van der Waals surface area contributed by atoms with Crippen molar-refractivity contribution in [2.75, 3.05) is 6.54 Å². The molecule has 29 heavy (non-hydrogen) atoms. The maximum atomic E-state index is 12.3. The molecule has 0 atom stereocenters. The highest BCUT2D eigenvalue weighted by Gasteiger charge is 2.50. The summed E-state index contributed by atoms with van der Waals surface area (Å²) in [6, 6.07) is 8.21. The summed E-state index contributed by atoms with van der Waals surface area (Å²) in [6.45, 7) is 2.89. The number of nitrogens with one attached hydrogen (secondary N) is 1. The van der Waals surface area contributed by atoms with Crippen LogP contribution in [0.1, 0.15) is 62.8 Å². The maximum absolute atomic E-state index is 12.3. The molecule has 154 valence electrons. The lowest BCUT2D eigenvalue weighted by atomic mass is 9.49. The highest BCUT2D eigenvalue weighted by molar-refractivity contribution is 5.76. The minimum atomic E-state index is 0.116. The second kappa shape index (κ2) is 7.62. The van der Waals surface area contributed by atoms with Crippen LogP contribution in [-0.4, -0.2) is 17.4 Å². The second-order valence-electron chi connectivity index (χ2n) is 10.0. The molecular formula is C25H32N2O2. The summed E-state index contributed by atoms with van der Waals surface area (Å²) < 4.78 is 5.84. The maximum Gasteiger partial charge on any atom is 0.220 e. The topological polar surface area (TPSA) is 55.1 Å². The molecule has 4 heteroatoms. The number of amides is 1. The van der Waals surface area contributed by atoms with Gasteiger partial charge in [-0.05, 0) is 75.0 Å². The molecule has 2 aromatic rings. The average Bonchev–Trinajstić information content (AvgIpc) is 3.15. The molecule has 1 aromatic heterocycles. The van der Waals surface area contributed by atoms with Gasteiger partial charge >= 0.3 is 0 Å². The molecule has 0 saturated heterocycles. The Labute approximate surface area is 173 Å². The summed E-state index contributed by atoms with van der Waals surface area (Å²) >= 11 is 0. The summed E-state index contributed by atoms with van der Waals surface area (Å²) in [6.07, 6.45) is 12.6. The Balaban J connectivity index is 1.08. The third-order valence-corrected chi connectivity index (χ3v) is 7.60. The minimum Gasteiger partial charge on any atom is -0.441 e. The number of aromatic nitrogens is 1. The smallest absolute Gasteiger partial charge is 0.220 e. The first-order valence-electron chi connectivity index (χ1n) is 11.4. The minimum absolute atomic E-state index is 0.116. The van der Waals surface area contributed by atoms with E-state index < -0.39 is 0 Å². The number of hydrogen-bond donors (Lipinski definition) is 1. The van der Waals surface area contributed by atoms with Gasteiger partial charge in [-0.15, -0.1) is 0 Å². The van der Waals surface area contributed by atoms with Gasteiger partial charge in [-0.1, -0.05) is 29.8 Å². The van der Waals surface area contributed by atoms with Crippen molar-refractivity contribution < 1.29 is 9.21 Å². The van der Waals surface area contributed by atoms with Crippen LogP contribution in [-0.2, 0) is 11.2 Å². The highest BCUT2D eigenvalue weighted by atomic mass is 16.4. The third-order valence-electron chi connectivity index (χ3n) is 7.60. The van der Waals surface area contributed by atoms with E-state index in [0.717, 1.165) is 35.6 Å². The van der Waals surface area contributed by atoms with Gasteiger partial charge in [-0.3, -0.25) is 4.79 Å². The predicted octanol–water partition coefficient (Wildman–Crippen LogP) is 5.31. The molecule has 0 radical (unpaired) electrons. The van der Waals surface area contributed by atoms with Crippen molar-refractivity contribution in [3.05, 3.63) is 41.9 Å². The Kier molecular flexibility index (Phi) is 4.97. The van der Waals surface area contributed by atoms with E-state index in [-0.39, 0.29) is 5.91 Å². The van der Waals surface area contributed by atoms with Crippen LogP contribution in [0.4, 0.5) is 0 Å². The summed E-state index contributed by atoms with van der Waals surface area (Å²) in [4.78, 5) is 16.7. The van der Waals surface area contributed by atoms with E-state index in [0.29, 0.717) is 24.1 Å². The molecule has 0 spiro atoms. The van der Waals surface area contributed by atoms with Crippen LogP contribution in [0.15, 0.2) is 34.9 Å². The monoisotopic (exact) mass is 392 g/mol. The Bertz CT molecular complexity index is 832. The zero-order valence-electron chi connectivity index (χ0n) is 17.5. The second-order valence-corrected chi connectivity index (χ2v) is 10.0. The molecule has 1 N–H and O–H groups in total. The van der Waals surface area contributed by atoms with E-state index in [9.17, 15) is 4.79 Å². The molecule has 6 rings (SSSR count). The molecule has 1 amide bonds. The van der Waals surface area contributed by atoms with Gasteiger partial charge in [0.1, 0.15) is 0 Å². The van der Waals surface area contributed by atoms with Gasteiger partial charge < -0.3 is 9.73 Å². The molecule has 4 aliphatic rings. The van der Waals surface area contributed by atoms with Gasteiger partial charge in [-0.25, -0.2) is 4.98 Å². The summed E-state index contributed by atoms with van der Waals surface area (Å²) in [7, 11) is 0. The van der Waals surface area contributed by atoms with Crippen LogP contribution in [0.2, 0.25) is 0 Å². The van der Waals surface area contributed by atoms with Crippen LogP contribution in [0.25, 0.3) is 11.3 Å². The summed E-state index contributed by atoms with van der Waals surface area (Å²) in [5, 5.41) is 3.16. The van der Waals surface area contributed by atoms with Crippen molar-refractivity contribution in [2.24, 2.45) is 23.2 Å².